The molecule has 4 heteroatoms. The normalized spacial score (nSPS) is 10.0. The molecule has 4 nitrogen and oxygen atoms in total. The van der Waals surface area contributed by atoms with Crippen molar-refractivity contribution in [3.8, 4) is 0 Å². The van der Waals surface area contributed by atoms with Gasteiger partial charge in [-0.1, -0.05) is 13.3 Å². The molecule has 0 rings (SSSR count). The fraction of sp³-hybridized carbons (Fsp3) is 0.889. The summed E-state index contributed by atoms with van der Waals surface area (Å²) in [6.07, 6.45) is 2.43. The zero-order chi connectivity index (χ0) is 9.94. The summed E-state index contributed by atoms with van der Waals surface area (Å²) in [6.45, 7) is 4.62. The Balaban J connectivity index is 3.11. The second-order valence-corrected chi connectivity index (χ2v) is 2.86. The van der Waals surface area contributed by atoms with E-state index < -0.39 is 0 Å². The number of carbonyl (C=O) groups is 1. The van der Waals surface area contributed by atoms with Crippen LogP contribution < -0.4 is 11.1 Å². The van der Waals surface area contributed by atoms with Crippen LogP contribution >= 0.6 is 0 Å². The number of nitrogens with one attached hydrogen (secondary N) is 1. The van der Waals surface area contributed by atoms with E-state index in [2.05, 4.69) is 12.2 Å². The van der Waals surface area contributed by atoms with Gasteiger partial charge in [-0.3, -0.25) is 4.79 Å². The van der Waals surface area contributed by atoms with Crippen LogP contribution in [0.2, 0.25) is 0 Å². The van der Waals surface area contributed by atoms with Crippen molar-refractivity contribution in [2.24, 2.45) is 5.73 Å². The molecular formula is C9H20N2O2. The predicted molar refractivity (Wildman–Crippen MR) is 52.4 cm³/mol. The lowest BCUT2D eigenvalue weighted by Crippen LogP contribution is -2.25. The Hall–Kier alpha value is -0.610. The van der Waals surface area contributed by atoms with Crippen molar-refractivity contribution < 1.29 is 9.53 Å². The van der Waals surface area contributed by atoms with E-state index in [1.807, 2.05) is 0 Å². The maximum atomic E-state index is 11.0. The van der Waals surface area contributed by atoms with Gasteiger partial charge in [-0.15, -0.1) is 0 Å². The van der Waals surface area contributed by atoms with E-state index in [4.69, 9.17) is 10.5 Å². The third-order valence-corrected chi connectivity index (χ3v) is 1.59. The topological polar surface area (TPSA) is 64.3 Å². The molecule has 3 N–H and O–H groups in total. The van der Waals surface area contributed by atoms with Gasteiger partial charge >= 0.3 is 5.97 Å². The molecule has 0 saturated carbocycles. The largest absolute Gasteiger partial charge is 0.466 e. The molecule has 0 heterocycles. The molecule has 13 heavy (non-hydrogen) atoms. The van der Waals surface area contributed by atoms with E-state index >= 15 is 0 Å². The molecular weight excluding hydrogens is 168 g/mol. The Kier molecular flexibility index (Phi) is 9.03. The lowest BCUT2D eigenvalue weighted by atomic mass is 10.3. The van der Waals surface area contributed by atoms with Gasteiger partial charge in [-0.05, 0) is 6.42 Å². The van der Waals surface area contributed by atoms with Gasteiger partial charge in [0.05, 0.1) is 13.0 Å². The molecule has 0 aliphatic rings. The summed E-state index contributed by atoms with van der Waals surface area (Å²) in [4.78, 5) is 11.0. The van der Waals surface area contributed by atoms with Crippen LogP contribution in [0.1, 0.15) is 26.2 Å². The number of carbonyl (C=O) groups excluding carboxylic acids is 1. The Labute approximate surface area is 79.8 Å². The molecule has 0 aromatic carbocycles. The highest BCUT2D eigenvalue weighted by atomic mass is 16.5. The van der Waals surface area contributed by atoms with Gasteiger partial charge in [0.2, 0.25) is 0 Å². The van der Waals surface area contributed by atoms with Crippen LogP contribution in [0.25, 0.3) is 0 Å². The highest BCUT2D eigenvalue weighted by Gasteiger charge is 2.00. The van der Waals surface area contributed by atoms with Crippen molar-refractivity contribution in [2.45, 2.75) is 26.2 Å². The molecule has 0 fully saturated rings. The number of hydrogen-bond acceptors (Lipinski definition) is 4. The number of ether oxygens (including phenoxy) is 1. The minimum atomic E-state index is -0.127. The number of rotatable bonds is 8. The maximum Gasteiger partial charge on any atom is 0.307 e. The first-order chi connectivity index (χ1) is 6.31. The van der Waals surface area contributed by atoms with Gasteiger partial charge < -0.3 is 15.8 Å². The van der Waals surface area contributed by atoms with E-state index in [0.29, 0.717) is 26.1 Å². The molecule has 0 aliphatic carbocycles. The number of hydrogen-bond donors (Lipinski definition) is 2. The van der Waals surface area contributed by atoms with E-state index in [1.54, 1.807) is 0 Å². The molecule has 0 spiro atoms. The fourth-order valence-electron chi connectivity index (χ4n) is 0.820. The van der Waals surface area contributed by atoms with Crippen LogP contribution in [0.3, 0.4) is 0 Å². The second-order valence-electron chi connectivity index (χ2n) is 2.86. The summed E-state index contributed by atoms with van der Waals surface area (Å²) in [5.41, 5.74) is 5.26. The SMILES string of the molecule is CCCCOC(=O)CCNCCN. The third kappa shape index (κ3) is 9.30. The number of nitrogens with two attached hydrogens (primary N) is 1. The molecule has 0 radical (unpaired) electrons. The minimum absolute atomic E-state index is 0.127. The zero-order valence-electron chi connectivity index (χ0n) is 8.34. The highest BCUT2D eigenvalue weighted by Crippen LogP contribution is 1.90. The molecule has 0 unspecified atom stereocenters. The molecule has 0 aromatic rings. The van der Waals surface area contributed by atoms with Crippen LogP contribution in [-0.4, -0.2) is 32.2 Å². The van der Waals surface area contributed by atoms with Crippen LogP contribution in [-0.2, 0) is 9.53 Å². The Morgan fingerprint density at radius 3 is 2.85 bits per heavy atom. The van der Waals surface area contributed by atoms with Crippen molar-refractivity contribution in [1.29, 1.82) is 0 Å². The minimum Gasteiger partial charge on any atom is -0.466 e. The van der Waals surface area contributed by atoms with Crippen molar-refractivity contribution >= 4 is 5.97 Å². The maximum absolute atomic E-state index is 11.0. The standard InChI is InChI=1S/C9H20N2O2/c1-2-3-8-13-9(12)4-6-11-7-5-10/h11H,2-8,10H2,1H3. The van der Waals surface area contributed by atoms with Gasteiger partial charge in [-0.25, -0.2) is 0 Å². The summed E-state index contributed by atoms with van der Waals surface area (Å²) in [6, 6.07) is 0. The predicted octanol–water partition coefficient (Wildman–Crippen LogP) is 0.268. The van der Waals surface area contributed by atoms with Crippen molar-refractivity contribution in [1.82, 2.24) is 5.32 Å². The number of esters is 1. The molecule has 0 aromatic heterocycles. The highest BCUT2D eigenvalue weighted by molar-refractivity contribution is 5.69. The molecule has 0 amide bonds. The van der Waals surface area contributed by atoms with Gasteiger partial charge in [0.25, 0.3) is 0 Å². The molecule has 0 saturated heterocycles. The molecule has 0 aliphatic heterocycles. The van der Waals surface area contributed by atoms with Crippen molar-refractivity contribution in [3.05, 3.63) is 0 Å². The van der Waals surface area contributed by atoms with Crippen LogP contribution in [0.4, 0.5) is 0 Å². The van der Waals surface area contributed by atoms with Crippen molar-refractivity contribution in [2.75, 3.05) is 26.2 Å². The van der Waals surface area contributed by atoms with Crippen LogP contribution in [0, 0.1) is 0 Å². The second kappa shape index (κ2) is 9.48. The summed E-state index contributed by atoms with van der Waals surface area (Å²) >= 11 is 0. The molecule has 78 valence electrons. The van der Waals surface area contributed by atoms with Crippen LogP contribution in [0.15, 0.2) is 0 Å². The summed E-state index contributed by atoms with van der Waals surface area (Å²) in [5.74, 6) is -0.127. The van der Waals surface area contributed by atoms with Crippen LogP contribution in [0.5, 0.6) is 0 Å². The third-order valence-electron chi connectivity index (χ3n) is 1.59. The van der Waals surface area contributed by atoms with Gasteiger partial charge in [0.1, 0.15) is 0 Å². The van der Waals surface area contributed by atoms with Crippen molar-refractivity contribution in [3.63, 3.8) is 0 Å². The first kappa shape index (κ1) is 12.4. The lowest BCUT2D eigenvalue weighted by Gasteiger charge is -2.04. The Morgan fingerprint density at radius 1 is 1.46 bits per heavy atom. The van der Waals surface area contributed by atoms with Gasteiger partial charge in [-0.2, -0.15) is 0 Å². The van der Waals surface area contributed by atoms with Gasteiger partial charge in [0, 0.05) is 19.6 Å². The Morgan fingerprint density at radius 2 is 2.23 bits per heavy atom. The van der Waals surface area contributed by atoms with Gasteiger partial charge in [0.15, 0.2) is 0 Å². The number of unbranched alkanes of at least 4 members (excludes halogenated alkanes) is 1. The molecule has 0 bridgehead atoms. The summed E-state index contributed by atoms with van der Waals surface area (Å²) < 4.78 is 4.95. The zero-order valence-corrected chi connectivity index (χ0v) is 8.34. The first-order valence-corrected chi connectivity index (χ1v) is 4.87. The lowest BCUT2D eigenvalue weighted by molar-refractivity contribution is -0.143. The van der Waals surface area contributed by atoms with E-state index in [0.717, 1.165) is 19.4 Å². The first-order valence-electron chi connectivity index (χ1n) is 4.87. The monoisotopic (exact) mass is 188 g/mol. The van der Waals surface area contributed by atoms with E-state index in [9.17, 15) is 4.79 Å². The average molecular weight is 188 g/mol. The summed E-state index contributed by atoms with van der Waals surface area (Å²) in [7, 11) is 0. The molecule has 0 atom stereocenters. The van der Waals surface area contributed by atoms with E-state index in [1.165, 1.54) is 0 Å². The van der Waals surface area contributed by atoms with E-state index in [-0.39, 0.29) is 5.97 Å². The quantitative estimate of drug-likeness (QED) is 0.424. The average Bonchev–Trinajstić information content (AvgIpc) is 2.13. The fourth-order valence-corrected chi connectivity index (χ4v) is 0.820. The smallest absolute Gasteiger partial charge is 0.307 e. The Bertz CT molecular complexity index is 129. The summed E-state index contributed by atoms with van der Waals surface area (Å²) in [5, 5.41) is 3.03.